The fourth-order valence-corrected chi connectivity index (χ4v) is 0.291. The Bertz CT molecular complexity index is 80.6. The summed E-state index contributed by atoms with van der Waals surface area (Å²) in [5.41, 5.74) is 0. The lowest BCUT2D eigenvalue weighted by molar-refractivity contribution is -0.0510. The number of halogens is 5. The molecule has 0 rings (SSSR count). The van der Waals surface area contributed by atoms with Gasteiger partial charge in [-0.1, -0.05) is 15.9 Å². The van der Waals surface area contributed by atoms with Gasteiger partial charge in [-0.05, 0) is 6.92 Å². The third-order valence-electron chi connectivity index (χ3n) is 0.645. The van der Waals surface area contributed by atoms with Gasteiger partial charge in [0.15, 0.2) is 0 Å². The maximum Gasteiger partial charge on any atom is 0.379 e. The van der Waals surface area contributed by atoms with E-state index in [1.807, 2.05) is 0 Å². The van der Waals surface area contributed by atoms with Crippen LogP contribution in [-0.2, 0) is 0 Å². The predicted molar refractivity (Wildman–Crippen MR) is 28.5 cm³/mol. The van der Waals surface area contributed by atoms with Crippen molar-refractivity contribution in [3.8, 4) is 0 Å². The van der Waals surface area contributed by atoms with Gasteiger partial charge in [-0.3, -0.25) is 0 Å². The molecule has 0 aliphatic rings. The number of alkyl halides is 3. The van der Waals surface area contributed by atoms with Gasteiger partial charge >= 0.3 is 12.3 Å². The summed E-state index contributed by atoms with van der Waals surface area (Å²) in [6.45, 7) is 2.70. The summed E-state index contributed by atoms with van der Waals surface area (Å²) in [7, 11) is 0. The van der Waals surface area contributed by atoms with Gasteiger partial charge in [0.05, 0.1) is 4.83 Å². The third-order valence-corrected chi connectivity index (χ3v) is 1.22. The zero-order chi connectivity index (χ0) is 7.65. The molecule has 0 aromatic heterocycles. The Morgan fingerprint density at radius 2 is 1.78 bits per heavy atom. The minimum absolute atomic E-state index is 1.77. The summed E-state index contributed by atoms with van der Waals surface area (Å²) in [6, 6.07) is 0. The van der Waals surface area contributed by atoms with Crippen LogP contribution in [0.2, 0.25) is 0 Å². The fourth-order valence-electron chi connectivity index (χ4n) is 0.118. The maximum absolute atomic E-state index is 11.8. The molecule has 0 aliphatic heterocycles. The molecule has 0 amide bonds. The summed E-state index contributed by atoms with van der Waals surface area (Å²) in [5.74, 6) is -4.11. The average Bonchev–Trinajstić information content (AvgIpc) is 1.65. The second-order valence-electron chi connectivity index (χ2n) is 1.35. The Morgan fingerprint density at radius 1 is 1.44 bits per heavy atom. The molecule has 0 heterocycles. The van der Waals surface area contributed by atoms with Crippen LogP contribution in [-0.4, -0.2) is 10.7 Å². The van der Waals surface area contributed by atoms with Crippen molar-refractivity contribution in [2.75, 3.05) is 0 Å². The summed E-state index contributed by atoms with van der Waals surface area (Å²) >= 11 is 2.23. The molecule has 5 heteroatoms. The van der Waals surface area contributed by atoms with Gasteiger partial charge in [0.2, 0.25) is 0 Å². The van der Waals surface area contributed by atoms with E-state index in [0.29, 0.717) is 0 Å². The molecule has 0 N–H and O–H groups in total. The quantitative estimate of drug-likeness (QED) is 0.482. The zero-order valence-electron chi connectivity index (χ0n) is 4.17. The third kappa shape index (κ3) is 2.12. The Balaban J connectivity index is 4.01. The van der Waals surface area contributed by atoms with Gasteiger partial charge in [0.25, 0.3) is 0 Å². The van der Waals surface area contributed by atoms with Crippen LogP contribution < -0.4 is 0 Å². The van der Waals surface area contributed by atoms with E-state index in [4.69, 9.17) is 0 Å². The molecule has 9 heavy (non-hydrogen) atoms. The number of rotatable bonds is 2. The number of hydrogen-bond donors (Lipinski definition) is 0. The molecule has 1 unspecified atom stereocenters. The van der Waals surface area contributed by atoms with Crippen molar-refractivity contribution in [2.45, 2.75) is 10.7 Å². The highest BCUT2D eigenvalue weighted by atomic mass is 79.9. The molecule has 0 fully saturated rings. The molecule has 0 bridgehead atoms. The first kappa shape index (κ1) is 9.20. The van der Waals surface area contributed by atoms with E-state index < -0.39 is 17.2 Å². The van der Waals surface area contributed by atoms with E-state index in [-0.39, 0.29) is 0 Å². The van der Waals surface area contributed by atoms with Gasteiger partial charge in [-0.15, -0.1) is 0 Å². The Hall–Kier alpha value is 0.200. The zero-order valence-corrected chi connectivity index (χ0v) is 5.76. The lowest BCUT2D eigenvalue weighted by Crippen LogP contribution is -2.29. The standard InChI is InChI=1S/C4H3BrF4/c1-2(5)4(8,9)3(6)7/h2H,1H2. The van der Waals surface area contributed by atoms with E-state index in [1.165, 1.54) is 0 Å². The van der Waals surface area contributed by atoms with Gasteiger partial charge in [-0.25, -0.2) is 0 Å². The SMILES string of the molecule is [CH2]C(Br)C(F)(F)[C](F)F. The molecule has 0 spiro atoms. The normalized spacial score (nSPS) is 16.3. The van der Waals surface area contributed by atoms with Gasteiger partial charge in [0.1, 0.15) is 0 Å². The first-order valence-corrected chi connectivity index (χ1v) is 2.84. The Morgan fingerprint density at radius 3 is 1.78 bits per heavy atom. The lowest BCUT2D eigenvalue weighted by atomic mass is 10.3. The van der Waals surface area contributed by atoms with Gasteiger partial charge < -0.3 is 0 Å². The fraction of sp³-hybridized carbons (Fsp3) is 0.500. The largest absolute Gasteiger partial charge is 0.379 e. The van der Waals surface area contributed by atoms with Crippen LogP contribution in [0.15, 0.2) is 0 Å². The van der Waals surface area contributed by atoms with E-state index in [0.717, 1.165) is 0 Å². The lowest BCUT2D eigenvalue weighted by Gasteiger charge is -2.15. The van der Waals surface area contributed by atoms with Crippen molar-refractivity contribution in [3.05, 3.63) is 13.3 Å². The second kappa shape index (κ2) is 2.86. The monoisotopic (exact) mass is 206 g/mol. The van der Waals surface area contributed by atoms with Crippen LogP contribution in [0.5, 0.6) is 0 Å². The summed E-state index contributed by atoms with van der Waals surface area (Å²) in [5, 5.41) is 0. The number of hydrogen-bond acceptors (Lipinski definition) is 0. The molecule has 2 radical (unpaired) electrons. The minimum atomic E-state index is -4.11. The van der Waals surface area contributed by atoms with Crippen LogP contribution in [0.3, 0.4) is 0 Å². The Kier molecular flexibility index (Phi) is 2.92. The molecule has 0 aromatic rings. The highest BCUT2D eigenvalue weighted by Crippen LogP contribution is 2.35. The highest BCUT2D eigenvalue weighted by molar-refractivity contribution is 9.09. The molecule has 0 aliphatic carbocycles. The molecule has 0 nitrogen and oxygen atoms in total. The van der Waals surface area contributed by atoms with E-state index in [9.17, 15) is 17.6 Å². The Labute approximate surface area is 58.4 Å². The van der Waals surface area contributed by atoms with E-state index >= 15 is 0 Å². The van der Waals surface area contributed by atoms with Crippen LogP contribution in [0.4, 0.5) is 17.6 Å². The first-order chi connectivity index (χ1) is 3.89. The van der Waals surface area contributed by atoms with Gasteiger partial charge in [0, 0.05) is 0 Å². The minimum Gasteiger partial charge on any atom is -0.198 e. The van der Waals surface area contributed by atoms with Crippen molar-refractivity contribution < 1.29 is 17.6 Å². The van der Waals surface area contributed by atoms with Crippen LogP contribution in [0.1, 0.15) is 0 Å². The van der Waals surface area contributed by atoms with Crippen molar-refractivity contribution in [2.24, 2.45) is 0 Å². The van der Waals surface area contributed by atoms with Crippen LogP contribution in [0, 0.1) is 13.3 Å². The van der Waals surface area contributed by atoms with Crippen LogP contribution >= 0.6 is 15.9 Å². The molecular weight excluding hydrogens is 204 g/mol. The molecule has 0 saturated carbocycles. The van der Waals surface area contributed by atoms with Gasteiger partial charge in [-0.2, -0.15) is 17.6 Å². The van der Waals surface area contributed by atoms with Crippen molar-refractivity contribution in [1.82, 2.24) is 0 Å². The molecule has 0 aromatic carbocycles. The predicted octanol–water partition coefficient (Wildman–Crippen LogP) is 2.65. The first-order valence-electron chi connectivity index (χ1n) is 1.92. The van der Waals surface area contributed by atoms with Crippen molar-refractivity contribution >= 4 is 15.9 Å². The molecule has 1 atom stereocenters. The second-order valence-corrected chi connectivity index (χ2v) is 2.46. The summed E-state index contributed by atoms with van der Waals surface area (Å²) < 4.78 is 45.9. The summed E-state index contributed by atoms with van der Waals surface area (Å²) in [6.07, 6.45) is -2.92. The van der Waals surface area contributed by atoms with E-state index in [1.54, 1.807) is 0 Å². The maximum atomic E-state index is 11.8. The highest BCUT2D eigenvalue weighted by Gasteiger charge is 2.47. The molecule has 0 saturated heterocycles. The smallest absolute Gasteiger partial charge is 0.198 e. The average molecular weight is 207 g/mol. The summed E-state index contributed by atoms with van der Waals surface area (Å²) in [4.78, 5) is -1.77. The van der Waals surface area contributed by atoms with Crippen molar-refractivity contribution in [3.63, 3.8) is 0 Å². The molecular formula is C4H3BrF4. The van der Waals surface area contributed by atoms with E-state index in [2.05, 4.69) is 22.9 Å². The van der Waals surface area contributed by atoms with Crippen LogP contribution in [0.25, 0.3) is 0 Å². The molecule has 54 valence electrons. The van der Waals surface area contributed by atoms with Crippen molar-refractivity contribution in [1.29, 1.82) is 0 Å². The topological polar surface area (TPSA) is 0 Å².